The SMILES string of the molecule is N#CCc1ccnc(-c2c(Cl)cccc2Cl)c1Cl. The van der Waals surface area contributed by atoms with Crippen molar-refractivity contribution in [3.8, 4) is 17.3 Å². The number of nitrogens with zero attached hydrogens (tertiary/aromatic N) is 2. The lowest BCUT2D eigenvalue weighted by Crippen LogP contribution is -1.92. The normalized spacial score (nSPS) is 10.1. The number of pyridine rings is 1. The molecule has 0 unspecified atom stereocenters. The van der Waals surface area contributed by atoms with E-state index in [9.17, 15) is 0 Å². The summed E-state index contributed by atoms with van der Waals surface area (Å²) in [4.78, 5) is 4.20. The van der Waals surface area contributed by atoms with Gasteiger partial charge in [-0.25, -0.2) is 0 Å². The molecule has 0 saturated heterocycles. The van der Waals surface area contributed by atoms with Crippen LogP contribution in [0, 0.1) is 11.3 Å². The monoisotopic (exact) mass is 296 g/mol. The summed E-state index contributed by atoms with van der Waals surface area (Å²) in [5, 5.41) is 10.1. The molecule has 0 radical (unpaired) electrons. The molecule has 0 aliphatic rings. The van der Waals surface area contributed by atoms with Gasteiger partial charge in [-0.05, 0) is 23.8 Å². The van der Waals surface area contributed by atoms with E-state index in [0.29, 0.717) is 31.9 Å². The molecule has 0 saturated carbocycles. The van der Waals surface area contributed by atoms with Gasteiger partial charge in [-0.1, -0.05) is 40.9 Å². The Balaban J connectivity index is 2.66. The number of hydrogen-bond donors (Lipinski definition) is 0. The minimum Gasteiger partial charge on any atom is -0.255 e. The van der Waals surface area contributed by atoms with E-state index in [1.165, 1.54) is 0 Å². The van der Waals surface area contributed by atoms with Crippen molar-refractivity contribution in [3.05, 3.63) is 51.1 Å². The maximum Gasteiger partial charge on any atom is 0.0921 e. The van der Waals surface area contributed by atoms with Crippen molar-refractivity contribution >= 4 is 34.8 Å². The average Bonchev–Trinajstić information content (AvgIpc) is 2.33. The molecular weight excluding hydrogens is 291 g/mol. The van der Waals surface area contributed by atoms with Crippen molar-refractivity contribution in [1.29, 1.82) is 5.26 Å². The summed E-state index contributed by atoms with van der Waals surface area (Å²) in [6.45, 7) is 0. The smallest absolute Gasteiger partial charge is 0.0921 e. The zero-order valence-corrected chi connectivity index (χ0v) is 11.4. The van der Waals surface area contributed by atoms with E-state index in [4.69, 9.17) is 40.1 Å². The van der Waals surface area contributed by atoms with Crippen LogP contribution in [0.15, 0.2) is 30.5 Å². The zero-order chi connectivity index (χ0) is 13.1. The van der Waals surface area contributed by atoms with E-state index in [0.717, 1.165) is 0 Å². The lowest BCUT2D eigenvalue weighted by atomic mass is 10.1. The first-order valence-corrected chi connectivity index (χ1v) is 6.23. The number of rotatable bonds is 2. The molecule has 1 aromatic carbocycles. The highest BCUT2D eigenvalue weighted by Gasteiger charge is 2.15. The van der Waals surface area contributed by atoms with Crippen LogP contribution in [-0.4, -0.2) is 4.98 Å². The second kappa shape index (κ2) is 5.58. The topological polar surface area (TPSA) is 36.7 Å². The first-order chi connectivity index (χ1) is 8.65. The Hall–Kier alpha value is -1.27. The summed E-state index contributed by atoms with van der Waals surface area (Å²) in [6, 6.07) is 8.95. The van der Waals surface area contributed by atoms with Crippen molar-refractivity contribution in [2.24, 2.45) is 0 Å². The van der Waals surface area contributed by atoms with Gasteiger partial charge in [0.05, 0.1) is 33.3 Å². The lowest BCUT2D eigenvalue weighted by Gasteiger charge is -2.09. The van der Waals surface area contributed by atoms with Crippen molar-refractivity contribution in [3.63, 3.8) is 0 Å². The van der Waals surface area contributed by atoms with Gasteiger partial charge in [-0.2, -0.15) is 5.26 Å². The molecule has 0 aliphatic carbocycles. The molecule has 1 aromatic heterocycles. The van der Waals surface area contributed by atoms with Gasteiger partial charge < -0.3 is 0 Å². The fourth-order valence-corrected chi connectivity index (χ4v) is 2.45. The summed E-state index contributed by atoms with van der Waals surface area (Å²) in [5.41, 5.74) is 1.80. The predicted octanol–water partition coefficient (Wildman–Crippen LogP) is 4.77. The standard InChI is InChI=1S/C13H7Cl3N2/c14-9-2-1-3-10(15)11(9)13-12(16)8(4-6-17)5-7-18-13/h1-3,5,7H,4H2. The molecule has 2 rings (SSSR count). The fraction of sp³-hybridized carbons (Fsp3) is 0.0769. The summed E-state index contributed by atoms with van der Waals surface area (Å²) >= 11 is 18.5. The third kappa shape index (κ3) is 2.44. The lowest BCUT2D eigenvalue weighted by molar-refractivity contribution is 1.21. The summed E-state index contributed by atoms with van der Waals surface area (Å²) in [5.74, 6) is 0. The average molecular weight is 298 g/mol. The van der Waals surface area contributed by atoms with Crippen LogP contribution in [0.1, 0.15) is 5.56 Å². The van der Waals surface area contributed by atoms with Gasteiger partial charge in [0.2, 0.25) is 0 Å². The Morgan fingerprint density at radius 1 is 1.11 bits per heavy atom. The fourth-order valence-electron chi connectivity index (χ4n) is 1.60. The second-order valence-electron chi connectivity index (χ2n) is 3.56. The molecule has 0 fully saturated rings. The summed E-state index contributed by atoms with van der Waals surface area (Å²) in [6.07, 6.45) is 1.81. The molecule has 0 atom stereocenters. The molecule has 2 aromatic rings. The molecule has 18 heavy (non-hydrogen) atoms. The molecule has 0 spiro atoms. The molecule has 0 N–H and O–H groups in total. The van der Waals surface area contributed by atoms with Crippen LogP contribution < -0.4 is 0 Å². The Morgan fingerprint density at radius 2 is 1.78 bits per heavy atom. The Bertz CT molecular complexity index is 612. The van der Waals surface area contributed by atoms with Crippen LogP contribution in [-0.2, 0) is 6.42 Å². The van der Waals surface area contributed by atoms with Gasteiger partial charge in [0, 0.05) is 11.8 Å². The number of hydrogen-bond acceptors (Lipinski definition) is 2. The minimum absolute atomic E-state index is 0.219. The van der Waals surface area contributed by atoms with Crippen LogP contribution in [0.25, 0.3) is 11.3 Å². The van der Waals surface area contributed by atoms with Crippen LogP contribution in [0.5, 0.6) is 0 Å². The van der Waals surface area contributed by atoms with E-state index >= 15 is 0 Å². The molecule has 0 amide bonds. The van der Waals surface area contributed by atoms with Gasteiger partial charge in [-0.3, -0.25) is 4.98 Å². The van der Waals surface area contributed by atoms with E-state index in [1.54, 1.807) is 30.5 Å². The molecule has 1 heterocycles. The first-order valence-electron chi connectivity index (χ1n) is 5.10. The highest BCUT2D eigenvalue weighted by Crippen LogP contribution is 2.38. The number of aromatic nitrogens is 1. The Labute approximate surface area is 120 Å². The number of nitriles is 1. The third-order valence-electron chi connectivity index (χ3n) is 2.44. The molecule has 0 bridgehead atoms. The van der Waals surface area contributed by atoms with Gasteiger partial charge >= 0.3 is 0 Å². The quantitative estimate of drug-likeness (QED) is 0.800. The molecular formula is C13H7Cl3N2. The van der Waals surface area contributed by atoms with Gasteiger partial charge in [0.1, 0.15) is 0 Å². The van der Waals surface area contributed by atoms with Crippen molar-refractivity contribution in [2.75, 3.05) is 0 Å². The highest BCUT2D eigenvalue weighted by atomic mass is 35.5. The third-order valence-corrected chi connectivity index (χ3v) is 3.49. The maximum atomic E-state index is 8.73. The van der Waals surface area contributed by atoms with E-state index in [-0.39, 0.29) is 6.42 Å². The second-order valence-corrected chi connectivity index (χ2v) is 4.76. The van der Waals surface area contributed by atoms with Crippen LogP contribution in [0.3, 0.4) is 0 Å². The zero-order valence-electron chi connectivity index (χ0n) is 9.12. The first kappa shape index (κ1) is 13.2. The molecule has 0 aliphatic heterocycles. The van der Waals surface area contributed by atoms with Crippen LogP contribution >= 0.6 is 34.8 Å². The summed E-state index contributed by atoms with van der Waals surface area (Å²) in [7, 11) is 0. The molecule has 90 valence electrons. The van der Waals surface area contributed by atoms with E-state index < -0.39 is 0 Å². The van der Waals surface area contributed by atoms with E-state index in [2.05, 4.69) is 11.1 Å². The number of halogens is 3. The van der Waals surface area contributed by atoms with Crippen LogP contribution in [0.4, 0.5) is 0 Å². The van der Waals surface area contributed by atoms with Crippen molar-refractivity contribution in [1.82, 2.24) is 4.98 Å². The number of benzene rings is 1. The van der Waals surface area contributed by atoms with Gasteiger partial charge in [0.25, 0.3) is 0 Å². The molecule has 5 heteroatoms. The maximum absolute atomic E-state index is 8.73. The van der Waals surface area contributed by atoms with Crippen LogP contribution in [0.2, 0.25) is 15.1 Å². The summed E-state index contributed by atoms with van der Waals surface area (Å²) < 4.78 is 0. The largest absolute Gasteiger partial charge is 0.255 e. The molecule has 2 nitrogen and oxygen atoms in total. The van der Waals surface area contributed by atoms with Gasteiger partial charge in [-0.15, -0.1) is 0 Å². The van der Waals surface area contributed by atoms with Gasteiger partial charge in [0.15, 0.2) is 0 Å². The van der Waals surface area contributed by atoms with Crippen molar-refractivity contribution < 1.29 is 0 Å². The Morgan fingerprint density at radius 3 is 2.39 bits per heavy atom. The van der Waals surface area contributed by atoms with E-state index in [1.807, 2.05) is 0 Å². The van der Waals surface area contributed by atoms with Crippen molar-refractivity contribution in [2.45, 2.75) is 6.42 Å². The Kier molecular flexibility index (Phi) is 4.08. The minimum atomic E-state index is 0.219. The predicted molar refractivity (Wildman–Crippen MR) is 74.0 cm³/mol. The highest BCUT2D eigenvalue weighted by molar-refractivity contribution is 6.41.